The van der Waals surface area contributed by atoms with E-state index in [0.717, 1.165) is 16.2 Å². The molecule has 0 atom stereocenters. The Bertz CT molecular complexity index is 522. The minimum Gasteiger partial charge on any atom is -0.464 e. The maximum absolute atomic E-state index is 11.6. The van der Waals surface area contributed by atoms with Crippen LogP contribution in [0.1, 0.15) is 17.4 Å². The van der Waals surface area contributed by atoms with E-state index in [1.54, 1.807) is 16.3 Å². The SMILES string of the molecule is CCSc1c(C(=O)OC)nn2ccccc12. The van der Waals surface area contributed by atoms with Gasteiger partial charge < -0.3 is 4.74 Å². The standard InChI is InChI=1S/C11H12N2O2S/c1-3-16-10-8-6-4-5-7-13(8)12-9(10)11(14)15-2/h4-7H,3H2,1-2H3. The van der Waals surface area contributed by atoms with Gasteiger partial charge >= 0.3 is 5.97 Å². The zero-order chi connectivity index (χ0) is 11.5. The van der Waals surface area contributed by atoms with Crippen molar-refractivity contribution in [3.8, 4) is 0 Å². The fraction of sp³-hybridized carbons (Fsp3) is 0.273. The first-order valence-electron chi connectivity index (χ1n) is 4.96. The van der Waals surface area contributed by atoms with E-state index in [2.05, 4.69) is 5.10 Å². The summed E-state index contributed by atoms with van der Waals surface area (Å²) in [6, 6.07) is 5.75. The molecule has 0 aliphatic rings. The number of carbonyl (C=O) groups is 1. The van der Waals surface area contributed by atoms with Crippen molar-refractivity contribution in [3.63, 3.8) is 0 Å². The number of esters is 1. The highest BCUT2D eigenvalue weighted by Gasteiger charge is 2.19. The summed E-state index contributed by atoms with van der Waals surface area (Å²) in [5.74, 6) is 0.500. The second-order valence-corrected chi connectivity index (χ2v) is 4.41. The van der Waals surface area contributed by atoms with Crippen molar-refractivity contribution >= 4 is 23.2 Å². The molecule has 0 aliphatic carbocycles. The van der Waals surface area contributed by atoms with Gasteiger partial charge in [0.05, 0.1) is 17.5 Å². The maximum atomic E-state index is 11.6. The minimum absolute atomic E-state index is 0.389. The molecule has 0 spiro atoms. The third kappa shape index (κ3) is 1.78. The molecule has 0 radical (unpaired) electrons. The van der Waals surface area contributed by atoms with Crippen molar-refractivity contribution in [1.82, 2.24) is 9.61 Å². The van der Waals surface area contributed by atoms with Crippen LogP contribution >= 0.6 is 11.8 Å². The van der Waals surface area contributed by atoms with Crippen LogP contribution in [0.3, 0.4) is 0 Å². The summed E-state index contributed by atoms with van der Waals surface area (Å²) >= 11 is 1.60. The van der Waals surface area contributed by atoms with Crippen LogP contribution in [0.4, 0.5) is 0 Å². The van der Waals surface area contributed by atoms with E-state index in [1.165, 1.54) is 7.11 Å². The molecule has 5 heteroatoms. The van der Waals surface area contributed by atoms with E-state index in [9.17, 15) is 4.79 Å². The molecule has 0 saturated heterocycles. The number of rotatable bonds is 3. The average molecular weight is 236 g/mol. The van der Waals surface area contributed by atoms with Crippen molar-refractivity contribution in [3.05, 3.63) is 30.1 Å². The third-order valence-corrected chi connectivity index (χ3v) is 3.14. The highest BCUT2D eigenvalue weighted by atomic mass is 32.2. The van der Waals surface area contributed by atoms with Gasteiger partial charge in [0.25, 0.3) is 0 Å². The molecule has 0 aliphatic heterocycles. The molecule has 2 rings (SSSR count). The van der Waals surface area contributed by atoms with Gasteiger partial charge in [-0.2, -0.15) is 5.10 Å². The summed E-state index contributed by atoms with van der Waals surface area (Å²) in [4.78, 5) is 12.5. The molecule has 0 saturated carbocycles. The van der Waals surface area contributed by atoms with Crippen LogP contribution in [-0.4, -0.2) is 28.4 Å². The number of fused-ring (bicyclic) bond motifs is 1. The molecule has 0 N–H and O–H groups in total. The van der Waals surface area contributed by atoms with E-state index >= 15 is 0 Å². The fourth-order valence-electron chi connectivity index (χ4n) is 1.49. The van der Waals surface area contributed by atoms with Crippen molar-refractivity contribution < 1.29 is 9.53 Å². The van der Waals surface area contributed by atoms with Gasteiger partial charge in [0, 0.05) is 6.20 Å². The molecule has 84 valence electrons. The van der Waals surface area contributed by atoms with E-state index in [0.29, 0.717) is 5.69 Å². The quantitative estimate of drug-likeness (QED) is 0.605. The zero-order valence-corrected chi connectivity index (χ0v) is 9.95. The molecule has 0 aromatic carbocycles. The number of carbonyl (C=O) groups excluding carboxylic acids is 1. The predicted molar refractivity (Wildman–Crippen MR) is 62.9 cm³/mol. The molecular formula is C11H12N2O2S. The monoisotopic (exact) mass is 236 g/mol. The number of ether oxygens (including phenoxy) is 1. The molecule has 0 amide bonds. The van der Waals surface area contributed by atoms with Crippen molar-refractivity contribution in [1.29, 1.82) is 0 Å². The Labute approximate surface area is 97.6 Å². The molecule has 0 fully saturated rings. The van der Waals surface area contributed by atoms with Gasteiger partial charge in [-0.3, -0.25) is 0 Å². The lowest BCUT2D eigenvalue weighted by atomic mass is 10.3. The number of methoxy groups -OCH3 is 1. The Morgan fingerprint density at radius 2 is 2.38 bits per heavy atom. The normalized spacial score (nSPS) is 10.6. The first kappa shape index (κ1) is 11.0. The fourth-order valence-corrected chi connectivity index (χ4v) is 2.35. The van der Waals surface area contributed by atoms with Crippen LogP contribution < -0.4 is 0 Å². The van der Waals surface area contributed by atoms with Crippen molar-refractivity contribution in [2.24, 2.45) is 0 Å². The first-order chi connectivity index (χ1) is 7.77. The highest BCUT2D eigenvalue weighted by Crippen LogP contribution is 2.27. The minimum atomic E-state index is -0.389. The number of pyridine rings is 1. The second kappa shape index (κ2) is 4.57. The summed E-state index contributed by atoms with van der Waals surface area (Å²) in [7, 11) is 1.37. The zero-order valence-electron chi connectivity index (χ0n) is 9.14. The van der Waals surface area contributed by atoms with E-state index < -0.39 is 0 Å². The summed E-state index contributed by atoms with van der Waals surface area (Å²) in [6.07, 6.45) is 1.82. The molecular weight excluding hydrogens is 224 g/mol. The lowest BCUT2D eigenvalue weighted by Crippen LogP contribution is -2.03. The number of aromatic nitrogens is 2. The average Bonchev–Trinajstić information content (AvgIpc) is 2.68. The van der Waals surface area contributed by atoms with Crippen LogP contribution in [0.5, 0.6) is 0 Å². The first-order valence-corrected chi connectivity index (χ1v) is 5.95. The Kier molecular flexibility index (Phi) is 3.14. The van der Waals surface area contributed by atoms with Crippen molar-refractivity contribution in [2.45, 2.75) is 11.8 Å². The lowest BCUT2D eigenvalue weighted by Gasteiger charge is -1.98. The van der Waals surface area contributed by atoms with Gasteiger partial charge in [-0.15, -0.1) is 11.8 Å². The molecule has 2 aromatic heterocycles. The van der Waals surface area contributed by atoms with Crippen LogP contribution in [0.15, 0.2) is 29.3 Å². The second-order valence-electron chi connectivity index (χ2n) is 3.13. The van der Waals surface area contributed by atoms with Crippen LogP contribution in [0.25, 0.3) is 5.52 Å². The Morgan fingerprint density at radius 3 is 3.06 bits per heavy atom. The van der Waals surface area contributed by atoms with Crippen molar-refractivity contribution in [2.75, 3.05) is 12.9 Å². The Morgan fingerprint density at radius 1 is 1.56 bits per heavy atom. The Hall–Kier alpha value is -1.49. The molecule has 2 heterocycles. The molecule has 16 heavy (non-hydrogen) atoms. The van der Waals surface area contributed by atoms with Gasteiger partial charge in [0.1, 0.15) is 0 Å². The number of nitrogens with zero attached hydrogens (tertiary/aromatic N) is 2. The molecule has 0 bridgehead atoms. The number of thioether (sulfide) groups is 1. The smallest absolute Gasteiger partial charge is 0.359 e. The van der Waals surface area contributed by atoms with Gasteiger partial charge in [-0.1, -0.05) is 13.0 Å². The Balaban J connectivity index is 2.62. The largest absolute Gasteiger partial charge is 0.464 e. The number of hydrogen-bond acceptors (Lipinski definition) is 4. The molecule has 2 aromatic rings. The summed E-state index contributed by atoms with van der Waals surface area (Å²) in [5.41, 5.74) is 1.33. The summed E-state index contributed by atoms with van der Waals surface area (Å²) in [6.45, 7) is 2.04. The maximum Gasteiger partial charge on any atom is 0.359 e. The highest BCUT2D eigenvalue weighted by molar-refractivity contribution is 7.99. The van der Waals surface area contributed by atoms with Crippen LogP contribution in [0.2, 0.25) is 0 Å². The third-order valence-electron chi connectivity index (χ3n) is 2.16. The molecule has 0 unspecified atom stereocenters. The van der Waals surface area contributed by atoms with Gasteiger partial charge in [-0.25, -0.2) is 9.31 Å². The van der Waals surface area contributed by atoms with E-state index in [1.807, 2.05) is 31.3 Å². The van der Waals surface area contributed by atoms with Crippen LogP contribution in [-0.2, 0) is 4.74 Å². The van der Waals surface area contributed by atoms with Gasteiger partial charge in [0.2, 0.25) is 0 Å². The van der Waals surface area contributed by atoms with Crippen LogP contribution in [0, 0.1) is 0 Å². The van der Waals surface area contributed by atoms with Gasteiger partial charge in [-0.05, 0) is 17.9 Å². The summed E-state index contributed by atoms with van der Waals surface area (Å²) in [5, 5.41) is 4.22. The van der Waals surface area contributed by atoms with E-state index in [4.69, 9.17) is 4.74 Å². The van der Waals surface area contributed by atoms with Gasteiger partial charge in [0.15, 0.2) is 5.69 Å². The summed E-state index contributed by atoms with van der Waals surface area (Å²) < 4.78 is 6.42. The number of hydrogen-bond donors (Lipinski definition) is 0. The molecule has 4 nitrogen and oxygen atoms in total. The lowest BCUT2D eigenvalue weighted by molar-refractivity contribution is 0.0590. The predicted octanol–water partition coefficient (Wildman–Crippen LogP) is 2.23. The topological polar surface area (TPSA) is 43.6 Å². The van der Waals surface area contributed by atoms with E-state index in [-0.39, 0.29) is 5.97 Å².